The highest BCUT2D eigenvalue weighted by Gasteiger charge is 2.10. The molecule has 0 saturated carbocycles. The summed E-state index contributed by atoms with van der Waals surface area (Å²) in [7, 11) is 0. The topological polar surface area (TPSA) is 40.5 Å². The van der Waals surface area contributed by atoms with Crippen molar-refractivity contribution in [2.45, 2.75) is 40.0 Å². The number of hydrogen-bond acceptors (Lipinski definition) is 2. The maximum atomic E-state index is 10.1. The summed E-state index contributed by atoms with van der Waals surface area (Å²) in [5.74, 6) is 0.671. The predicted molar refractivity (Wildman–Crippen MR) is 83.3 cm³/mol. The van der Waals surface area contributed by atoms with Crippen molar-refractivity contribution in [3.05, 3.63) is 47.0 Å². The van der Waals surface area contributed by atoms with Gasteiger partial charge in [-0.3, -0.25) is 0 Å². The molecule has 0 radical (unpaired) electrons. The standard InChI is InChI=1S/C18H22O2/c1-4-5-6-14-11-17(13(3)10-18(14)20)16-8-7-15(19)9-12(16)2/h7-11,19-20H,4-6H2,1-3H3. The van der Waals surface area contributed by atoms with Gasteiger partial charge in [0.15, 0.2) is 0 Å². The molecular formula is C18H22O2. The van der Waals surface area contributed by atoms with Crippen LogP contribution in [0.3, 0.4) is 0 Å². The molecule has 0 heterocycles. The molecular weight excluding hydrogens is 248 g/mol. The summed E-state index contributed by atoms with van der Waals surface area (Å²) in [6.45, 7) is 6.15. The summed E-state index contributed by atoms with van der Waals surface area (Å²) >= 11 is 0. The Balaban J connectivity index is 2.50. The van der Waals surface area contributed by atoms with Crippen molar-refractivity contribution >= 4 is 0 Å². The Labute approximate surface area is 120 Å². The first-order valence-corrected chi connectivity index (χ1v) is 7.15. The van der Waals surface area contributed by atoms with E-state index in [9.17, 15) is 10.2 Å². The molecule has 20 heavy (non-hydrogen) atoms. The predicted octanol–water partition coefficient (Wildman–Crippen LogP) is 4.72. The second-order valence-corrected chi connectivity index (χ2v) is 5.40. The van der Waals surface area contributed by atoms with E-state index in [-0.39, 0.29) is 5.75 Å². The van der Waals surface area contributed by atoms with Crippen LogP contribution in [0.2, 0.25) is 0 Å². The Morgan fingerprint density at radius 1 is 0.900 bits per heavy atom. The van der Waals surface area contributed by atoms with E-state index in [1.807, 2.05) is 26.0 Å². The van der Waals surface area contributed by atoms with Gasteiger partial charge in [0, 0.05) is 0 Å². The number of hydrogen-bond donors (Lipinski definition) is 2. The number of rotatable bonds is 4. The van der Waals surface area contributed by atoms with Crippen LogP contribution in [0.15, 0.2) is 30.3 Å². The minimum absolute atomic E-state index is 0.286. The molecule has 0 bridgehead atoms. The number of aromatic hydroxyl groups is 2. The fourth-order valence-electron chi connectivity index (χ4n) is 2.55. The molecule has 0 aliphatic carbocycles. The van der Waals surface area contributed by atoms with Crippen LogP contribution in [-0.2, 0) is 6.42 Å². The van der Waals surface area contributed by atoms with Gasteiger partial charge in [0.25, 0.3) is 0 Å². The van der Waals surface area contributed by atoms with Gasteiger partial charge in [-0.05, 0) is 78.8 Å². The lowest BCUT2D eigenvalue weighted by molar-refractivity contribution is 0.466. The van der Waals surface area contributed by atoms with E-state index < -0.39 is 0 Å². The summed E-state index contributed by atoms with van der Waals surface area (Å²) in [4.78, 5) is 0. The maximum absolute atomic E-state index is 10.1. The molecule has 0 unspecified atom stereocenters. The Hall–Kier alpha value is -1.96. The molecule has 2 nitrogen and oxygen atoms in total. The van der Waals surface area contributed by atoms with Gasteiger partial charge < -0.3 is 10.2 Å². The first kappa shape index (κ1) is 14.4. The van der Waals surface area contributed by atoms with Crippen molar-refractivity contribution in [1.29, 1.82) is 0 Å². The van der Waals surface area contributed by atoms with Gasteiger partial charge in [0.05, 0.1) is 0 Å². The molecule has 0 aliphatic heterocycles. The van der Waals surface area contributed by atoms with Crippen molar-refractivity contribution in [3.63, 3.8) is 0 Å². The molecule has 2 aromatic carbocycles. The first-order chi connectivity index (χ1) is 9.52. The van der Waals surface area contributed by atoms with Gasteiger partial charge in [-0.25, -0.2) is 0 Å². The Kier molecular flexibility index (Phi) is 4.33. The third-order valence-corrected chi connectivity index (χ3v) is 3.73. The van der Waals surface area contributed by atoms with Crippen LogP contribution < -0.4 is 0 Å². The van der Waals surface area contributed by atoms with E-state index in [1.54, 1.807) is 12.1 Å². The fraction of sp³-hybridized carbons (Fsp3) is 0.333. The average Bonchev–Trinajstić information content (AvgIpc) is 2.39. The third kappa shape index (κ3) is 2.96. The van der Waals surface area contributed by atoms with Crippen LogP contribution in [0.1, 0.15) is 36.5 Å². The smallest absolute Gasteiger partial charge is 0.119 e. The number of phenolic OH excluding ortho intramolecular Hbond substituents is 2. The highest BCUT2D eigenvalue weighted by atomic mass is 16.3. The van der Waals surface area contributed by atoms with Crippen LogP contribution in [0.4, 0.5) is 0 Å². The van der Waals surface area contributed by atoms with Crippen LogP contribution in [0.5, 0.6) is 11.5 Å². The molecule has 2 heteroatoms. The van der Waals surface area contributed by atoms with E-state index in [0.29, 0.717) is 5.75 Å². The van der Waals surface area contributed by atoms with Crippen molar-refractivity contribution in [3.8, 4) is 22.6 Å². The number of phenols is 2. The summed E-state index contributed by atoms with van der Waals surface area (Å²) in [6, 6.07) is 9.34. The number of benzene rings is 2. The van der Waals surface area contributed by atoms with Gasteiger partial charge in [0.2, 0.25) is 0 Å². The monoisotopic (exact) mass is 270 g/mol. The molecule has 0 aromatic heterocycles. The fourth-order valence-corrected chi connectivity index (χ4v) is 2.55. The lowest BCUT2D eigenvalue weighted by atomic mass is 9.93. The van der Waals surface area contributed by atoms with Gasteiger partial charge in [-0.15, -0.1) is 0 Å². The highest BCUT2D eigenvalue weighted by Crippen LogP contribution is 2.33. The minimum atomic E-state index is 0.286. The molecule has 2 aromatic rings. The van der Waals surface area contributed by atoms with E-state index in [4.69, 9.17) is 0 Å². The Bertz CT molecular complexity index is 615. The van der Waals surface area contributed by atoms with Crippen LogP contribution in [-0.4, -0.2) is 10.2 Å². The summed E-state index contributed by atoms with van der Waals surface area (Å²) < 4.78 is 0. The second kappa shape index (κ2) is 6.00. The van der Waals surface area contributed by atoms with Gasteiger partial charge in [-0.1, -0.05) is 19.4 Å². The van der Waals surface area contributed by atoms with Crippen LogP contribution >= 0.6 is 0 Å². The van der Waals surface area contributed by atoms with Crippen LogP contribution in [0, 0.1) is 13.8 Å². The van der Waals surface area contributed by atoms with E-state index >= 15 is 0 Å². The largest absolute Gasteiger partial charge is 0.508 e. The normalized spacial score (nSPS) is 10.8. The maximum Gasteiger partial charge on any atom is 0.119 e. The highest BCUT2D eigenvalue weighted by molar-refractivity contribution is 5.73. The summed E-state index contributed by atoms with van der Waals surface area (Å²) in [6.07, 6.45) is 3.08. The Morgan fingerprint density at radius 2 is 1.60 bits per heavy atom. The molecule has 0 fully saturated rings. The summed E-state index contributed by atoms with van der Waals surface area (Å²) in [5.41, 5.74) is 5.33. The molecule has 0 atom stereocenters. The molecule has 0 aliphatic rings. The van der Waals surface area contributed by atoms with Gasteiger partial charge >= 0.3 is 0 Å². The lowest BCUT2D eigenvalue weighted by Crippen LogP contribution is -1.92. The lowest BCUT2D eigenvalue weighted by Gasteiger charge is -2.13. The zero-order chi connectivity index (χ0) is 14.7. The first-order valence-electron chi connectivity index (χ1n) is 7.15. The van der Waals surface area contributed by atoms with Crippen molar-refractivity contribution in [2.24, 2.45) is 0 Å². The van der Waals surface area contributed by atoms with Gasteiger partial charge in [-0.2, -0.15) is 0 Å². The van der Waals surface area contributed by atoms with Crippen molar-refractivity contribution in [1.82, 2.24) is 0 Å². The molecule has 2 rings (SSSR count). The number of aryl methyl sites for hydroxylation is 3. The molecule has 106 valence electrons. The second-order valence-electron chi connectivity index (χ2n) is 5.40. The SMILES string of the molecule is CCCCc1cc(-c2ccc(O)cc2C)c(C)cc1O. The zero-order valence-electron chi connectivity index (χ0n) is 12.4. The molecule has 0 spiro atoms. The van der Waals surface area contributed by atoms with E-state index in [1.165, 1.54) is 0 Å². The molecule has 2 N–H and O–H groups in total. The average molecular weight is 270 g/mol. The Morgan fingerprint density at radius 3 is 2.25 bits per heavy atom. The zero-order valence-corrected chi connectivity index (χ0v) is 12.4. The molecule has 0 amide bonds. The van der Waals surface area contributed by atoms with E-state index in [2.05, 4.69) is 13.0 Å². The summed E-state index contributed by atoms with van der Waals surface area (Å²) in [5, 5.41) is 19.6. The number of unbranched alkanes of at least 4 members (excludes halogenated alkanes) is 1. The van der Waals surface area contributed by atoms with Crippen molar-refractivity contribution < 1.29 is 10.2 Å². The van der Waals surface area contributed by atoms with Gasteiger partial charge in [0.1, 0.15) is 11.5 Å². The molecule has 0 saturated heterocycles. The van der Waals surface area contributed by atoms with Crippen molar-refractivity contribution in [2.75, 3.05) is 0 Å². The van der Waals surface area contributed by atoms with Crippen LogP contribution in [0.25, 0.3) is 11.1 Å². The third-order valence-electron chi connectivity index (χ3n) is 3.73. The quantitative estimate of drug-likeness (QED) is 0.843. The van der Waals surface area contributed by atoms with E-state index in [0.717, 1.165) is 47.1 Å². The minimum Gasteiger partial charge on any atom is -0.508 e.